The smallest absolute Gasteiger partial charge is 0.221 e. The lowest BCUT2D eigenvalue weighted by atomic mass is 10.0. The molecule has 1 aliphatic heterocycles. The summed E-state index contributed by atoms with van der Waals surface area (Å²) in [6.07, 6.45) is 0. The van der Waals surface area contributed by atoms with Crippen LogP contribution in [0, 0.1) is 0 Å². The minimum absolute atomic E-state index is 0.355. The van der Waals surface area contributed by atoms with Crippen molar-refractivity contribution in [1.82, 2.24) is 9.97 Å². The Labute approximate surface area is 83.3 Å². The minimum atomic E-state index is 0.355. The van der Waals surface area contributed by atoms with Crippen molar-refractivity contribution < 1.29 is 0 Å². The van der Waals surface area contributed by atoms with Crippen molar-refractivity contribution in [2.45, 2.75) is 19.8 Å². The van der Waals surface area contributed by atoms with Gasteiger partial charge in [0.1, 0.15) is 0 Å². The van der Waals surface area contributed by atoms with Gasteiger partial charge in [0, 0.05) is 0 Å². The van der Waals surface area contributed by atoms with E-state index >= 15 is 0 Å². The van der Waals surface area contributed by atoms with Crippen LogP contribution in [-0.2, 0) is 0 Å². The zero-order valence-electron chi connectivity index (χ0n) is 8.36. The summed E-state index contributed by atoms with van der Waals surface area (Å²) in [5.74, 6) is 0.786. The lowest BCUT2D eigenvalue weighted by molar-refractivity contribution is 0.866. The highest BCUT2D eigenvalue weighted by molar-refractivity contribution is 5.63. The molecule has 2 N–H and O–H groups in total. The van der Waals surface area contributed by atoms with Crippen molar-refractivity contribution >= 4 is 5.95 Å². The first-order chi connectivity index (χ1) is 6.68. The summed E-state index contributed by atoms with van der Waals surface area (Å²) in [4.78, 5) is 8.40. The molecule has 0 atom stereocenters. The van der Waals surface area contributed by atoms with E-state index in [1.807, 2.05) is 18.2 Å². The summed E-state index contributed by atoms with van der Waals surface area (Å²) < 4.78 is 0. The topological polar surface area (TPSA) is 51.8 Å². The molecule has 0 fully saturated rings. The third kappa shape index (κ3) is 1.41. The second-order valence-corrected chi connectivity index (χ2v) is 3.64. The van der Waals surface area contributed by atoms with Crippen molar-refractivity contribution in [3.8, 4) is 11.4 Å². The summed E-state index contributed by atoms with van der Waals surface area (Å²) in [6.45, 7) is 4.28. The normalized spacial score (nSPS) is 11.1. The minimum Gasteiger partial charge on any atom is -0.368 e. The largest absolute Gasteiger partial charge is 0.368 e. The second-order valence-electron chi connectivity index (χ2n) is 3.64. The average Bonchev–Trinajstić information content (AvgIpc) is 2.35. The number of hydrogen-bond acceptors (Lipinski definition) is 3. The van der Waals surface area contributed by atoms with Gasteiger partial charge in [-0.2, -0.15) is 0 Å². The third-order valence-electron chi connectivity index (χ3n) is 2.24. The lowest BCUT2D eigenvalue weighted by Gasteiger charge is -2.04. The molecule has 14 heavy (non-hydrogen) atoms. The maximum Gasteiger partial charge on any atom is 0.221 e. The van der Waals surface area contributed by atoms with Crippen LogP contribution in [0.3, 0.4) is 0 Å². The van der Waals surface area contributed by atoms with Crippen molar-refractivity contribution in [3.63, 3.8) is 0 Å². The molecule has 2 aliphatic rings. The second kappa shape index (κ2) is 3.25. The molecule has 0 saturated carbocycles. The van der Waals surface area contributed by atoms with Crippen LogP contribution in [0.4, 0.5) is 5.95 Å². The fourth-order valence-corrected chi connectivity index (χ4v) is 1.55. The van der Waals surface area contributed by atoms with Crippen LogP contribution in [-0.4, -0.2) is 9.97 Å². The molecule has 3 nitrogen and oxygen atoms in total. The fraction of sp³-hybridized carbons (Fsp3) is 0.273. The highest BCUT2D eigenvalue weighted by Gasteiger charge is 2.13. The Morgan fingerprint density at radius 3 is 2.57 bits per heavy atom. The zero-order chi connectivity index (χ0) is 10.1. The SMILES string of the molecule is CC(C)c1ccccc2nc(N)nc1-2. The first-order valence-electron chi connectivity index (χ1n) is 4.70. The van der Waals surface area contributed by atoms with Gasteiger partial charge in [-0.1, -0.05) is 32.0 Å². The molecule has 1 heterocycles. The number of aromatic nitrogens is 2. The first-order valence-corrected chi connectivity index (χ1v) is 4.70. The number of hydrogen-bond donors (Lipinski definition) is 1. The van der Waals surface area contributed by atoms with Gasteiger partial charge in [0.2, 0.25) is 5.95 Å². The number of nitrogen functional groups attached to an aromatic ring is 1. The summed E-state index contributed by atoms with van der Waals surface area (Å²) in [5, 5.41) is 0. The number of rotatable bonds is 1. The quantitative estimate of drug-likeness (QED) is 0.745. The van der Waals surface area contributed by atoms with Gasteiger partial charge in [-0.15, -0.1) is 0 Å². The van der Waals surface area contributed by atoms with Crippen LogP contribution in [0.25, 0.3) is 11.4 Å². The Morgan fingerprint density at radius 1 is 1.14 bits per heavy atom. The van der Waals surface area contributed by atoms with Gasteiger partial charge in [0.25, 0.3) is 0 Å². The van der Waals surface area contributed by atoms with Crippen LogP contribution in [0.2, 0.25) is 0 Å². The molecule has 0 radical (unpaired) electrons. The van der Waals surface area contributed by atoms with Crippen LogP contribution < -0.4 is 5.73 Å². The van der Waals surface area contributed by atoms with E-state index in [0.29, 0.717) is 11.9 Å². The highest BCUT2D eigenvalue weighted by atomic mass is 15.0. The monoisotopic (exact) mass is 187 g/mol. The van der Waals surface area contributed by atoms with E-state index < -0.39 is 0 Å². The molecule has 2 rings (SSSR count). The predicted molar refractivity (Wildman–Crippen MR) is 57.2 cm³/mol. The fourth-order valence-electron chi connectivity index (χ4n) is 1.55. The van der Waals surface area contributed by atoms with Gasteiger partial charge >= 0.3 is 0 Å². The van der Waals surface area contributed by atoms with Crippen molar-refractivity contribution in [2.75, 3.05) is 5.73 Å². The van der Waals surface area contributed by atoms with E-state index in [4.69, 9.17) is 5.73 Å². The number of anilines is 1. The van der Waals surface area contributed by atoms with Gasteiger partial charge in [-0.05, 0) is 17.5 Å². The van der Waals surface area contributed by atoms with Gasteiger partial charge < -0.3 is 5.73 Å². The van der Waals surface area contributed by atoms with Crippen LogP contribution in [0.15, 0.2) is 24.3 Å². The van der Waals surface area contributed by atoms with E-state index in [1.165, 1.54) is 5.56 Å². The summed E-state index contributed by atoms with van der Waals surface area (Å²) in [6, 6.07) is 7.98. The molecule has 0 saturated heterocycles. The molecule has 0 aromatic heterocycles. The molecule has 0 aromatic carbocycles. The zero-order valence-corrected chi connectivity index (χ0v) is 8.36. The number of fused-ring (bicyclic) bond motifs is 1. The molecule has 0 bridgehead atoms. The number of nitrogens with two attached hydrogens (primary N) is 1. The van der Waals surface area contributed by atoms with E-state index in [-0.39, 0.29) is 0 Å². The maximum atomic E-state index is 5.58. The average molecular weight is 187 g/mol. The molecule has 3 heteroatoms. The first kappa shape index (κ1) is 8.94. The molecule has 72 valence electrons. The standard InChI is InChI=1S/C11H13N3/c1-7(2)8-5-3-4-6-9-10(8)14-11(12)13-9/h3-7H,1-2H3,(H2,12,13,14). The third-order valence-corrected chi connectivity index (χ3v) is 2.24. The van der Waals surface area contributed by atoms with E-state index in [2.05, 4.69) is 29.9 Å². The summed E-state index contributed by atoms with van der Waals surface area (Å²) in [7, 11) is 0. The Kier molecular flexibility index (Phi) is 2.08. The van der Waals surface area contributed by atoms with Crippen molar-refractivity contribution in [3.05, 3.63) is 29.8 Å². The van der Waals surface area contributed by atoms with Gasteiger partial charge in [0.15, 0.2) is 0 Å². The molecule has 0 amide bonds. The molecular formula is C11H13N3. The molecule has 0 aromatic rings. The van der Waals surface area contributed by atoms with Crippen molar-refractivity contribution in [2.24, 2.45) is 0 Å². The predicted octanol–water partition coefficient (Wildman–Crippen LogP) is 2.29. The summed E-state index contributed by atoms with van der Waals surface area (Å²) in [5.41, 5.74) is 8.56. The van der Waals surface area contributed by atoms with Crippen LogP contribution in [0.5, 0.6) is 0 Å². The Hall–Kier alpha value is -1.64. The Balaban J connectivity index is 2.70. The molecular weight excluding hydrogens is 174 g/mol. The molecule has 0 unspecified atom stereocenters. The lowest BCUT2D eigenvalue weighted by Crippen LogP contribution is -1.90. The van der Waals surface area contributed by atoms with E-state index in [9.17, 15) is 0 Å². The van der Waals surface area contributed by atoms with Crippen LogP contribution in [0.1, 0.15) is 25.3 Å². The maximum absolute atomic E-state index is 5.58. The number of nitrogens with zero attached hydrogens (tertiary/aromatic N) is 2. The Bertz CT molecular complexity index is 423. The van der Waals surface area contributed by atoms with Gasteiger partial charge in [-0.3, -0.25) is 0 Å². The number of imidazole rings is 1. The molecule has 1 aliphatic carbocycles. The summed E-state index contributed by atoms with van der Waals surface area (Å²) >= 11 is 0. The van der Waals surface area contributed by atoms with E-state index in [1.54, 1.807) is 0 Å². The van der Waals surface area contributed by atoms with E-state index in [0.717, 1.165) is 11.4 Å². The van der Waals surface area contributed by atoms with Crippen LogP contribution >= 0.6 is 0 Å². The highest BCUT2D eigenvalue weighted by Crippen LogP contribution is 2.27. The Morgan fingerprint density at radius 2 is 1.86 bits per heavy atom. The van der Waals surface area contributed by atoms with Crippen molar-refractivity contribution in [1.29, 1.82) is 0 Å². The van der Waals surface area contributed by atoms with Gasteiger partial charge in [-0.25, -0.2) is 9.97 Å². The molecule has 0 spiro atoms. The van der Waals surface area contributed by atoms with Gasteiger partial charge in [0.05, 0.1) is 11.4 Å².